The fourth-order valence-corrected chi connectivity index (χ4v) is 5.13. The van der Waals surface area contributed by atoms with E-state index in [0.29, 0.717) is 0 Å². The van der Waals surface area contributed by atoms with Gasteiger partial charge in [0.25, 0.3) is 0 Å². The molecule has 5 rings (SSSR count). The van der Waals surface area contributed by atoms with Gasteiger partial charge in [-0.05, 0) is 25.1 Å². The van der Waals surface area contributed by atoms with Gasteiger partial charge in [-0.15, -0.1) is 0 Å². The number of hydrogen-bond donors (Lipinski definition) is 9. The van der Waals surface area contributed by atoms with E-state index < -0.39 is 114 Å². The van der Waals surface area contributed by atoms with Gasteiger partial charge in [-0.1, -0.05) is 0 Å². The van der Waals surface area contributed by atoms with Crippen LogP contribution in [-0.4, -0.2) is 120 Å². The van der Waals surface area contributed by atoms with E-state index in [9.17, 15) is 55.5 Å². The van der Waals surface area contributed by atoms with Crippen LogP contribution in [-0.2, 0) is 19.0 Å². The minimum atomic E-state index is -1.92. The highest BCUT2D eigenvalue weighted by molar-refractivity contribution is 5.88. The van der Waals surface area contributed by atoms with Crippen molar-refractivity contribution in [3.63, 3.8) is 0 Å². The molecule has 0 spiro atoms. The molecule has 0 saturated carbocycles. The third-order valence-electron chi connectivity index (χ3n) is 7.56. The second-order valence-corrected chi connectivity index (χ2v) is 10.8. The molecule has 10 atom stereocenters. The molecule has 2 aliphatic heterocycles. The van der Waals surface area contributed by atoms with Crippen LogP contribution >= 0.6 is 0 Å². The smallest absolute Gasteiger partial charge is 0.303 e. The SMILES string of the molecule is CC(=O)OC1C(O)C(CO)OC(Oc2c(-c3ccc(O)c(O)c3)oc3cc(OC4OC(C)C(O)C(O)C4O)cc(O)c3c2=O)C1O. The number of phenols is 3. The summed E-state index contributed by atoms with van der Waals surface area (Å²) in [6.45, 7) is 1.63. The third kappa shape index (κ3) is 6.14. The average molecular weight is 653 g/mol. The minimum Gasteiger partial charge on any atom is -0.507 e. The monoisotopic (exact) mass is 652 g/mol. The lowest BCUT2D eigenvalue weighted by Gasteiger charge is -2.41. The molecule has 17 heteroatoms. The predicted octanol–water partition coefficient (Wildman–Crippen LogP) is -1.47. The Kier molecular flexibility index (Phi) is 9.30. The summed E-state index contributed by atoms with van der Waals surface area (Å²) in [6, 6.07) is 5.40. The summed E-state index contributed by atoms with van der Waals surface area (Å²) in [4.78, 5) is 25.5. The Balaban J connectivity index is 1.61. The number of aliphatic hydroxyl groups excluding tert-OH is 6. The number of ether oxygens (including phenoxy) is 5. The van der Waals surface area contributed by atoms with Crippen molar-refractivity contribution >= 4 is 16.9 Å². The lowest BCUT2D eigenvalue weighted by molar-refractivity contribution is -0.281. The second-order valence-electron chi connectivity index (χ2n) is 10.8. The summed E-state index contributed by atoms with van der Waals surface area (Å²) in [5.74, 6) is -4.12. The van der Waals surface area contributed by atoms with Crippen LogP contribution in [0.2, 0.25) is 0 Å². The van der Waals surface area contributed by atoms with Crippen molar-refractivity contribution in [1.82, 2.24) is 0 Å². The molecule has 9 N–H and O–H groups in total. The predicted molar refractivity (Wildman–Crippen MR) is 150 cm³/mol. The van der Waals surface area contributed by atoms with E-state index in [0.717, 1.165) is 31.2 Å². The molecule has 250 valence electrons. The standard InChI is InChI=1S/C29H32O17/c1-9-19(35)22(38)23(39)28(41-9)43-12-6-15(34)18-16(7-12)44-25(11-3-4-13(32)14(33)5-11)27(21(18)37)46-29-24(40)26(42-10(2)31)20(36)17(8-30)45-29/h3-7,9,17,19-20,22-24,26,28-30,32-36,38-40H,8H2,1-2H3. The van der Waals surface area contributed by atoms with Crippen molar-refractivity contribution in [3.8, 4) is 40.1 Å². The highest BCUT2D eigenvalue weighted by Crippen LogP contribution is 2.40. The Morgan fingerprint density at radius 2 is 1.52 bits per heavy atom. The van der Waals surface area contributed by atoms with E-state index >= 15 is 0 Å². The zero-order valence-electron chi connectivity index (χ0n) is 24.2. The van der Waals surface area contributed by atoms with Crippen LogP contribution in [0, 0.1) is 0 Å². The zero-order chi connectivity index (χ0) is 33.6. The van der Waals surface area contributed by atoms with Crippen LogP contribution in [0.25, 0.3) is 22.3 Å². The highest BCUT2D eigenvalue weighted by Gasteiger charge is 2.48. The first-order valence-corrected chi connectivity index (χ1v) is 13.9. The van der Waals surface area contributed by atoms with Crippen molar-refractivity contribution in [2.75, 3.05) is 6.61 Å². The maximum Gasteiger partial charge on any atom is 0.303 e. The van der Waals surface area contributed by atoms with Crippen LogP contribution in [0.3, 0.4) is 0 Å². The molecule has 2 saturated heterocycles. The molecule has 2 aliphatic rings. The Morgan fingerprint density at radius 1 is 0.826 bits per heavy atom. The van der Waals surface area contributed by atoms with Crippen molar-refractivity contribution in [3.05, 3.63) is 40.6 Å². The summed E-state index contributed by atoms with van der Waals surface area (Å²) in [5, 5.41) is 91.9. The number of carbonyl (C=O) groups is 1. The number of esters is 1. The van der Waals surface area contributed by atoms with E-state index in [4.69, 9.17) is 28.1 Å². The molecule has 17 nitrogen and oxygen atoms in total. The van der Waals surface area contributed by atoms with Gasteiger partial charge in [0.2, 0.25) is 23.8 Å². The van der Waals surface area contributed by atoms with Crippen LogP contribution in [0.15, 0.2) is 39.5 Å². The lowest BCUT2D eigenvalue weighted by Crippen LogP contribution is -2.61. The van der Waals surface area contributed by atoms with Gasteiger partial charge in [0.05, 0.1) is 12.7 Å². The normalized spacial score (nSPS) is 31.4. The van der Waals surface area contributed by atoms with Gasteiger partial charge in [-0.2, -0.15) is 0 Å². The molecule has 10 unspecified atom stereocenters. The summed E-state index contributed by atoms with van der Waals surface area (Å²) < 4.78 is 33.1. The summed E-state index contributed by atoms with van der Waals surface area (Å²) in [6.07, 6.45) is -15.8. The fraction of sp³-hybridized carbons (Fsp3) is 0.448. The van der Waals surface area contributed by atoms with Crippen LogP contribution < -0.4 is 14.9 Å². The molecule has 0 aliphatic carbocycles. The quantitative estimate of drug-likeness (QED) is 0.104. The largest absolute Gasteiger partial charge is 0.507 e. The van der Waals surface area contributed by atoms with E-state index in [-0.39, 0.29) is 16.9 Å². The molecule has 1 aromatic heterocycles. The molecule has 3 heterocycles. The van der Waals surface area contributed by atoms with E-state index in [1.807, 2.05) is 0 Å². The Labute approximate surface area is 258 Å². The number of fused-ring (bicyclic) bond motifs is 1. The van der Waals surface area contributed by atoms with Gasteiger partial charge in [0.1, 0.15) is 53.0 Å². The number of aliphatic hydroxyl groups is 6. The number of aromatic hydroxyl groups is 3. The first-order chi connectivity index (χ1) is 21.7. The second kappa shape index (κ2) is 12.9. The number of benzene rings is 2. The Bertz CT molecular complexity index is 1650. The maximum absolute atomic E-state index is 13.9. The molecular formula is C29H32O17. The van der Waals surface area contributed by atoms with Gasteiger partial charge in [0.15, 0.2) is 29.5 Å². The first-order valence-electron chi connectivity index (χ1n) is 13.9. The molecular weight excluding hydrogens is 620 g/mol. The summed E-state index contributed by atoms with van der Waals surface area (Å²) >= 11 is 0. The van der Waals surface area contributed by atoms with Gasteiger partial charge < -0.3 is 74.1 Å². The van der Waals surface area contributed by atoms with Crippen molar-refractivity contribution < 1.29 is 78.9 Å². The lowest BCUT2D eigenvalue weighted by atomic mass is 9.99. The molecule has 2 aromatic carbocycles. The van der Waals surface area contributed by atoms with E-state index in [1.165, 1.54) is 13.0 Å². The highest BCUT2D eigenvalue weighted by atomic mass is 16.7. The number of carbonyl (C=O) groups excluding carboxylic acids is 1. The number of phenolic OH excluding ortho intramolecular Hbond substituents is 3. The van der Waals surface area contributed by atoms with Crippen molar-refractivity contribution in [2.45, 2.75) is 75.3 Å². The van der Waals surface area contributed by atoms with Gasteiger partial charge >= 0.3 is 5.97 Å². The fourth-order valence-electron chi connectivity index (χ4n) is 5.13. The van der Waals surface area contributed by atoms with Gasteiger partial charge in [-0.25, -0.2) is 0 Å². The van der Waals surface area contributed by atoms with E-state index in [1.54, 1.807) is 0 Å². The van der Waals surface area contributed by atoms with Crippen LogP contribution in [0.5, 0.6) is 28.7 Å². The van der Waals surface area contributed by atoms with E-state index in [2.05, 4.69) is 0 Å². The molecule has 3 aromatic rings. The molecule has 0 amide bonds. The number of rotatable bonds is 7. The van der Waals surface area contributed by atoms with Gasteiger partial charge in [-0.3, -0.25) is 9.59 Å². The molecule has 0 bridgehead atoms. The summed E-state index contributed by atoms with van der Waals surface area (Å²) in [7, 11) is 0. The first kappa shape index (κ1) is 33.2. The molecule has 2 fully saturated rings. The van der Waals surface area contributed by atoms with Crippen molar-refractivity contribution in [2.24, 2.45) is 0 Å². The molecule has 0 radical (unpaired) electrons. The summed E-state index contributed by atoms with van der Waals surface area (Å²) in [5.41, 5.74) is -1.45. The van der Waals surface area contributed by atoms with Crippen LogP contribution in [0.1, 0.15) is 13.8 Å². The van der Waals surface area contributed by atoms with Gasteiger partial charge in [0, 0.05) is 24.6 Å². The minimum absolute atomic E-state index is 0.0624. The Morgan fingerprint density at radius 3 is 2.17 bits per heavy atom. The molecule has 46 heavy (non-hydrogen) atoms. The van der Waals surface area contributed by atoms with Crippen LogP contribution in [0.4, 0.5) is 0 Å². The zero-order valence-corrected chi connectivity index (χ0v) is 24.2. The third-order valence-corrected chi connectivity index (χ3v) is 7.56. The topological polar surface area (TPSA) is 275 Å². The van der Waals surface area contributed by atoms with Crippen molar-refractivity contribution in [1.29, 1.82) is 0 Å². The Hall–Kier alpha value is -4.20. The number of hydrogen-bond acceptors (Lipinski definition) is 17. The average Bonchev–Trinajstić information content (AvgIpc) is 3.00. The maximum atomic E-state index is 13.9.